The molecule has 3 nitrogen and oxygen atoms in total. The number of hydrogen-bond donors (Lipinski definition) is 1. The minimum atomic E-state index is -0.121. The predicted molar refractivity (Wildman–Crippen MR) is 89.4 cm³/mol. The molecule has 0 fully saturated rings. The molecule has 0 spiro atoms. The first-order valence-electron chi connectivity index (χ1n) is 7.82. The Hall–Kier alpha value is -1.13. The fourth-order valence-electron chi connectivity index (χ4n) is 2.26. The third-order valence-corrected chi connectivity index (χ3v) is 3.33. The minimum Gasteiger partial charge on any atom is -0.368 e. The highest BCUT2D eigenvalue weighted by Gasteiger charge is 2.13. The van der Waals surface area contributed by atoms with Crippen molar-refractivity contribution < 1.29 is 4.39 Å². The van der Waals surface area contributed by atoms with Crippen molar-refractivity contribution in [1.29, 1.82) is 0 Å². The molecule has 1 rings (SSSR count). The van der Waals surface area contributed by atoms with Crippen LogP contribution in [0.1, 0.15) is 26.3 Å². The quantitative estimate of drug-likeness (QED) is 0.755. The maximum atomic E-state index is 14.4. The second-order valence-corrected chi connectivity index (χ2v) is 6.21. The van der Waals surface area contributed by atoms with E-state index < -0.39 is 0 Å². The predicted octanol–water partition coefficient (Wildman–Crippen LogP) is 2.96. The van der Waals surface area contributed by atoms with Crippen molar-refractivity contribution in [2.75, 3.05) is 45.2 Å². The van der Waals surface area contributed by atoms with E-state index in [9.17, 15) is 4.39 Å². The smallest absolute Gasteiger partial charge is 0.146 e. The van der Waals surface area contributed by atoms with Crippen molar-refractivity contribution in [3.8, 4) is 0 Å². The lowest BCUT2D eigenvalue weighted by Crippen LogP contribution is -2.35. The summed E-state index contributed by atoms with van der Waals surface area (Å²) < 4.78 is 14.4. The molecule has 0 aromatic heterocycles. The Balaban J connectivity index is 2.85. The van der Waals surface area contributed by atoms with Gasteiger partial charge in [0.1, 0.15) is 5.82 Å². The highest BCUT2D eigenvalue weighted by Crippen LogP contribution is 2.21. The van der Waals surface area contributed by atoms with Crippen LogP contribution in [0.5, 0.6) is 0 Å². The van der Waals surface area contributed by atoms with Crippen LogP contribution in [0.4, 0.5) is 10.1 Å². The van der Waals surface area contributed by atoms with Crippen LogP contribution in [0.2, 0.25) is 0 Å². The van der Waals surface area contributed by atoms with Crippen LogP contribution in [0, 0.1) is 11.7 Å². The highest BCUT2D eigenvalue weighted by molar-refractivity contribution is 5.49. The Morgan fingerprint density at radius 3 is 2.43 bits per heavy atom. The first-order chi connectivity index (χ1) is 9.93. The van der Waals surface area contributed by atoms with E-state index >= 15 is 0 Å². The molecule has 4 heteroatoms. The molecule has 0 bridgehead atoms. The second-order valence-electron chi connectivity index (χ2n) is 6.21. The normalized spacial score (nSPS) is 11.4. The number of rotatable bonds is 9. The topological polar surface area (TPSA) is 18.5 Å². The van der Waals surface area contributed by atoms with E-state index in [4.69, 9.17) is 0 Å². The number of anilines is 1. The van der Waals surface area contributed by atoms with E-state index in [1.807, 2.05) is 26.2 Å². The summed E-state index contributed by atoms with van der Waals surface area (Å²) in [7, 11) is 4.09. The molecule has 0 radical (unpaired) electrons. The summed E-state index contributed by atoms with van der Waals surface area (Å²) in [4.78, 5) is 4.28. The van der Waals surface area contributed by atoms with Crippen molar-refractivity contribution in [2.24, 2.45) is 5.92 Å². The summed E-state index contributed by atoms with van der Waals surface area (Å²) in [5, 5.41) is 3.23. The zero-order chi connectivity index (χ0) is 15.8. The van der Waals surface area contributed by atoms with Gasteiger partial charge in [0, 0.05) is 26.2 Å². The molecule has 1 aromatic carbocycles. The zero-order valence-electron chi connectivity index (χ0n) is 14.1. The molecule has 0 saturated carbocycles. The summed E-state index contributed by atoms with van der Waals surface area (Å²) >= 11 is 0. The number of likely N-dealkylation sites (N-methyl/N-ethyl adjacent to an activating group) is 1. The van der Waals surface area contributed by atoms with Gasteiger partial charge in [0.2, 0.25) is 0 Å². The van der Waals surface area contributed by atoms with Gasteiger partial charge in [0.25, 0.3) is 0 Å². The lowest BCUT2D eigenvalue weighted by Gasteiger charge is -2.28. The molecule has 0 atom stereocenters. The maximum absolute atomic E-state index is 14.4. The lowest BCUT2D eigenvalue weighted by molar-refractivity contribution is 0.407. The average Bonchev–Trinajstić information content (AvgIpc) is 2.41. The van der Waals surface area contributed by atoms with Gasteiger partial charge in [-0.15, -0.1) is 0 Å². The third kappa shape index (κ3) is 6.44. The maximum Gasteiger partial charge on any atom is 0.146 e. The molecular formula is C17H30FN3. The fourth-order valence-corrected chi connectivity index (χ4v) is 2.26. The standard InChI is InChI=1S/C17H30FN3/c1-6-19-12-15-7-8-17(16(18)11-15)21(13-14(2)3)10-9-20(4)5/h7-8,11,14,19H,6,9-10,12-13H2,1-5H3. The summed E-state index contributed by atoms with van der Waals surface area (Å²) in [5.74, 6) is 0.387. The Labute approximate surface area is 129 Å². The fraction of sp³-hybridized carbons (Fsp3) is 0.647. The van der Waals surface area contributed by atoms with Gasteiger partial charge in [0.05, 0.1) is 5.69 Å². The van der Waals surface area contributed by atoms with Crippen molar-refractivity contribution in [1.82, 2.24) is 10.2 Å². The van der Waals surface area contributed by atoms with Crippen molar-refractivity contribution >= 4 is 5.69 Å². The van der Waals surface area contributed by atoms with Gasteiger partial charge in [-0.05, 0) is 44.3 Å². The van der Waals surface area contributed by atoms with Crippen LogP contribution < -0.4 is 10.2 Å². The summed E-state index contributed by atoms with van der Waals surface area (Å²) in [6.45, 7) is 10.6. The molecule has 120 valence electrons. The van der Waals surface area contributed by atoms with Crippen LogP contribution in [-0.2, 0) is 6.54 Å². The molecule has 21 heavy (non-hydrogen) atoms. The minimum absolute atomic E-state index is 0.121. The number of hydrogen-bond acceptors (Lipinski definition) is 3. The van der Waals surface area contributed by atoms with Crippen molar-refractivity contribution in [3.05, 3.63) is 29.6 Å². The third-order valence-electron chi connectivity index (χ3n) is 3.33. The van der Waals surface area contributed by atoms with E-state index in [-0.39, 0.29) is 5.82 Å². The number of halogens is 1. The Morgan fingerprint density at radius 2 is 1.90 bits per heavy atom. The van der Waals surface area contributed by atoms with E-state index in [1.165, 1.54) is 0 Å². The molecule has 0 aliphatic rings. The Morgan fingerprint density at radius 1 is 1.19 bits per heavy atom. The Kier molecular flexibility index (Phi) is 7.68. The molecule has 0 aliphatic heterocycles. The van der Waals surface area contributed by atoms with E-state index in [1.54, 1.807) is 6.07 Å². The van der Waals surface area contributed by atoms with Crippen LogP contribution in [0.3, 0.4) is 0 Å². The second kappa shape index (κ2) is 9.00. The molecule has 0 aliphatic carbocycles. The highest BCUT2D eigenvalue weighted by atomic mass is 19.1. The molecule has 0 unspecified atom stereocenters. The first-order valence-corrected chi connectivity index (χ1v) is 7.82. The van der Waals surface area contributed by atoms with Crippen LogP contribution >= 0.6 is 0 Å². The van der Waals surface area contributed by atoms with Crippen LogP contribution in [-0.4, -0.2) is 45.2 Å². The van der Waals surface area contributed by atoms with Gasteiger partial charge in [-0.1, -0.05) is 26.8 Å². The first kappa shape index (κ1) is 17.9. The van der Waals surface area contributed by atoms with Gasteiger partial charge < -0.3 is 15.1 Å². The zero-order valence-corrected chi connectivity index (χ0v) is 14.1. The SMILES string of the molecule is CCNCc1ccc(N(CCN(C)C)CC(C)C)c(F)c1. The van der Waals surface area contributed by atoms with Crippen molar-refractivity contribution in [3.63, 3.8) is 0 Å². The van der Waals surface area contributed by atoms with E-state index in [2.05, 4.69) is 35.9 Å². The summed E-state index contributed by atoms with van der Waals surface area (Å²) in [5.41, 5.74) is 1.71. The summed E-state index contributed by atoms with van der Waals surface area (Å²) in [6, 6.07) is 5.59. The number of nitrogens with zero attached hydrogens (tertiary/aromatic N) is 2. The van der Waals surface area contributed by atoms with Crippen LogP contribution in [0.25, 0.3) is 0 Å². The molecule has 0 saturated heterocycles. The average molecular weight is 295 g/mol. The van der Waals surface area contributed by atoms with Gasteiger partial charge in [-0.25, -0.2) is 4.39 Å². The van der Waals surface area contributed by atoms with E-state index in [0.29, 0.717) is 11.6 Å². The van der Waals surface area contributed by atoms with Gasteiger partial charge >= 0.3 is 0 Å². The molecule has 0 heterocycles. The van der Waals surface area contributed by atoms with E-state index in [0.717, 1.165) is 38.3 Å². The lowest BCUT2D eigenvalue weighted by atomic mass is 10.1. The van der Waals surface area contributed by atoms with Crippen molar-refractivity contribution in [2.45, 2.75) is 27.3 Å². The number of nitrogens with one attached hydrogen (secondary N) is 1. The molecule has 1 aromatic rings. The van der Waals surface area contributed by atoms with Crippen LogP contribution in [0.15, 0.2) is 18.2 Å². The monoisotopic (exact) mass is 295 g/mol. The van der Waals surface area contributed by atoms with Gasteiger partial charge in [-0.3, -0.25) is 0 Å². The van der Waals surface area contributed by atoms with Gasteiger partial charge in [0.15, 0.2) is 0 Å². The molecule has 1 N–H and O–H groups in total. The number of benzene rings is 1. The largest absolute Gasteiger partial charge is 0.368 e. The molecule has 0 amide bonds. The Bertz CT molecular complexity index is 418. The van der Waals surface area contributed by atoms with Gasteiger partial charge in [-0.2, -0.15) is 0 Å². The molecular weight excluding hydrogens is 265 g/mol. The summed E-state index contributed by atoms with van der Waals surface area (Å²) in [6.07, 6.45) is 0.